The highest BCUT2D eigenvalue weighted by molar-refractivity contribution is 8.46. The van der Waals surface area contributed by atoms with Gasteiger partial charge in [0.1, 0.15) is 0 Å². The van der Waals surface area contributed by atoms with E-state index in [9.17, 15) is 0 Å². The van der Waals surface area contributed by atoms with Crippen molar-refractivity contribution in [1.29, 1.82) is 0 Å². The second-order valence-electron chi connectivity index (χ2n) is 4.89. The molecule has 0 unspecified atom stereocenters. The minimum atomic E-state index is -0.993. The molecule has 1 heterocycles. The fourth-order valence-electron chi connectivity index (χ4n) is 1.63. The lowest BCUT2D eigenvalue weighted by molar-refractivity contribution is 0.716. The largest absolute Gasteiger partial charge is 0.264 e. The fourth-order valence-corrected chi connectivity index (χ4v) is 7.26. The van der Waals surface area contributed by atoms with Gasteiger partial charge in [0, 0.05) is 18.9 Å². The van der Waals surface area contributed by atoms with E-state index in [1.807, 2.05) is 18.5 Å². The Bertz CT molecular complexity index is 393. The molecule has 1 aromatic rings. The maximum absolute atomic E-state index is 4.19. The van der Waals surface area contributed by atoms with Gasteiger partial charge in [0.2, 0.25) is 0 Å². The monoisotopic (exact) mass is 284 g/mol. The van der Waals surface area contributed by atoms with Crippen LogP contribution in [-0.2, 0) is 6.54 Å². The van der Waals surface area contributed by atoms with Crippen LogP contribution in [0.5, 0.6) is 0 Å². The van der Waals surface area contributed by atoms with Crippen LogP contribution in [-0.4, -0.2) is 33.7 Å². The summed E-state index contributed by atoms with van der Waals surface area (Å²) in [6.45, 7) is 8.90. The van der Waals surface area contributed by atoms with E-state index >= 15 is 0 Å². The van der Waals surface area contributed by atoms with Crippen molar-refractivity contribution in [3.05, 3.63) is 54.1 Å². The van der Waals surface area contributed by atoms with E-state index in [4.69, 9.17) is 0 Å². The molecule has 0 saturated carbocycles. The number of hydrogen-bond donors (Lipinski definition) is 0. The number of pyridine rings is 1. The Morgan fingerprint density at radius 3 is 2.11 bits per heavy atom. The van der Waals surface area contributed by atoms with Gasteiger partial charge >= 0.3 is 0 Å². The van der Waals surface area contributed by atoms with E-state index in [1.54, 1.807) is 0 Å². The highest BCUT2D eigenvalue weighted by Gasteiger charge is 2.27. The van der Waals surface area contributed by atoms with E-state index in [-0.39, 0.29) is 0 Å². The van der Waals surface area contributed by atoms with Crippen LogP contribution in [0.1, 0.15) is 5.56 Å². The maximum Gasteiger partial charge on any atom is 0.0441 e. The number of aromatic nitrogens is 1. The zero-order valence-electron chi connectivity index (χ0n) is 11.8. The van der Waals surface area contributed by atoms with E-state index in [0.717, 1.165) is 6.54 Å². The summed E-state index contributed by atoms with van der Waals surface area (Å²) in [7, 11) is -1.99. The molecule has 1 aromatic heterocycles. The second-order valence-corrected chi connectivity index (χ2v) is 12.1. The summed E-state index contributed by atoms with van der Waals surface area (Å²) >= 11 is 0. The van der Waals surface area contributed by atoms with E-state index in [2.05, 4.69) is 63.8 Å². The predicted octanol–water partition coefficient (Wildman–Crippen LogP) is 4.13. The first-order valence-electron chi connectivity index (χ1n) is 5.72. The molecule has 0 aromatic carbocycles. The van der Waals surface area contributed by atoms with Crippen LogP contribution < -0.4 is 0 Å². The zero-order chi connectivity index (χ0) is 13.8. The average Bonchev–Trinajstić information content (AvgIpc) is 2.37. The van der Waals surface area contributed by atoms with Gasteiger partial charge in [-0.2, -0.15) is 20.4 Å². The van der Waals surface area contributed by atoms with E-state index < -0.39 is 20.4 Å². The van der Waals surface area contributed by atoms with Gasteiger partial charge < -0.3 is 0 Å². The third kappa shape index (κ3) is 3.64. The summed E-state index contributed by atoms with van der Waals surface area (Å²) in [4.78, 5) is 4.19. The highest BCUT2D eigenvalue weighted by atomic mass is 32.3. The van der Waals surface area contributed by atoms with Crippen LogP contribution in [0, 0.1) is 0 Å². The molecule has 18 heavy (non-hydrogen) atoms. The first-order chi connectivity index (χ1) is 8.33. The summed E-state index contributed by atoms with van der Waals surface area (Å²) in [5.41, 5.74) is 1.24. The Kier molecular flexibility index (Phi) is 5.08. The van der Waals surface area contributed by atoms with Crippen molar-refractivity contribution in [3.8, 4) is 0 Å². The fraction of sp³-hybridized carbons (Fsp3) is 0.357. The van der Waals surface area contributed by atoms with Gasteiger partial charge in [-0.15, -0.1) is 0 Å². The van der Waals surface area contributed by atoms with Gasteiger partial charge in [-0.1, -0.05) is 19.2 Å². The van der Waals surface area contributed by atoms with Gasteiger partial charge in [0.15, 0.2) is 0 Å². The van der Waals surface area contributed by atoms with Gasteiger partial charge in [-0.05, 0) is 47.5 Å². The Labute approximate surface area is 115 Å². The van der Waals surface area contributed by atoms with Crippen LogP contribution >= 0.6 is 20.4 Å². The first kappa shape index (κ1) is 15.3. The number of nitrogens with zero attached hydrogens (tertiary/aromatic N) is 2. The topological polar surface area (TPSA) is 16.1 Å². The highest BCUT2D eigenvalue weighted by Crippen LogP contribution is 2.62. The molecule has 1 rings (SSSR count). The molecule has 4 heteroatoms. The van der Waals surface area contributed by atoms with Crippen molar-refractivity contribution < 1.29 is 0 Å². The minimum absolute atomic E-state index is 0.899. The molecule has 0 bridgehead atoms. The van der Waals surface area contributed by atoms with Gasteiger partial charge in [-0.25, -0.2) is 3.71 Å². The van der Waals surface area contributed by atoms with Crippen molar-refractivity contribution in [2.45, 2.75) is 6.54 Å². The zero-order valence-corrected chi connectivity index (χ0v) is 13.4. The van der Waals surface area contributed by atoms with Crippen molar-refractivity contribution >= 4 is 20.4 Å². The minimum Gasteiger partial charge on any atom is -0.264 e. The standard InChI is InChI=1S/C14H24N2S2/c1-7-17(3,4)16(18(5,6)8-2)13-14-10-9-11-15-12-14/h7-12H,1-2,13H2,3-6H3. The molecule has 0 radical (unpaired) electrons. The number of hydrogen-bond acceptors (Lipinski definition) is 2. The van der Waals surface area contributed by atoms with E-state index in [0.29, 0.717) is 0 Å². The molecular weight excluding hydrogens is 260 g/mol. The summed E-state index contributed by atoms with van der Waals surface area (Å²) in [6.07, 6.45) is 12.8. The van der Waals surface area contributed by atoms with Crippen molar-refractivity contribution in [2.24, 2.45) is 0 Å². The third-order valence-electron chi connectivity index (χ3n) is 2.90. The lowest BCUT2D eigenvalue weighted by Crippen LogP contribution is -2.27. The van der Waals surface area contributed by atoms with E-state index in [1.165, 1.54) is 5.56 Å². The molecule has 0 spiro atoms. The predicted molar refractivity (Wildman–Crippen MR) is 89.1 cm³/mol. The summed E-state index contributed by atoms with van der Waals surface area (Å²) in [5, 5.41) is 4.17. The molecule has 0 amide bonds. The van der Waals surface area contributed by atoms with Crippen LogP contribution in [0.4, 0.5) is 0 Å². The molecule has 0 saturated heterocycles. The molecule has 0 N–H and O–H groups in total. The van der Waals surface area contributed by atoms with Crippen LogP contribution in [0.3, 0.4) is 0 Å². The SMILES string of the molecule is C=CS(C)(C)N(Cc1cccnc1)S(C)(C)C=C. The molecule has 2 nitrogen and oxygen atoms in total. The molecule has 0 aliphatic heterocycles. The molecule has 0 aliphatic rings. The Morgan fingerprint density at radius 2 is 1.72 bits per heavy atom. The molecule has 102 valence electrons. The lowest BCUT2D eigenvalue weighted by Gasteiger charge is -2.51. The maximum atomic E-state index is 4.19. The quantitative estimate of drug-likeness (QED) is 0.781. The Morgan fingerprint density at radius 1 is 1.17 bits per heavy atom. The smallest absolute Gasteiger partial charge is 0.0441 e. The Balaban J connectivity index is 3.07. The normalized spacial score (nSPS) is 14.3. The molecule has 0 aliphatic carbocycles. The Hall–Kier alpha value is -0.710. The summed E-state index contributed by atoms with van der Waals surface area (Å²) < 4.78 is 2.54. The summed E-state index contributed by atoms with van der Waals surface area (Å²) in [5.74, 6) is 0. The van der Waals surface area contributed by atoms with Gasteiger partial charge in [0.05, 0.1) is 0 Å². The van der Waals surface area contributed by atoms with Crippen molar-refractivity contribution in [2.75, 3.05) is 25.0 Å². The third-order valence-corrected chi connectivity index (χ3v) is 9.19. The molecule has 0 fully saturated rings. The molecule has 0 atom stereocenters. The summed E-state index contributed by atoms with van der Waals surface area (Å²) in [6, 6.07) is 4.11. The van der Waals surface area contributed by atoms with Gasteiger partial charge in [-0.3, -0.25) is 4.98 Å². The second kappa shape index (κ2) is 5.95. The van der Waals surface area contributed by atoms with Crippen molar-refractivity contribution in [1.82, 2.24) is 8.69 Å². The van der Waals surface area contributed by atoms with Crippen molar-refractivity contribution in [3.63, 3.8) is 0 Å². The first-order valence-corrected chi connectivity index (χ1v) is 10.7. The van der Waals surface area contributed by atoms with Crippen LogP contribution in [0.25, 0.3) is 0 Å². The lowest BCUT2D eigenvalue weighted by atomic mass is 10.3. The van der Waals surface area contributed by atoms with Gasteiger partial charge in [0.25, 0.3) is 0 Å². The van der Waals surface area contributed by atoms with Crippen LogP contribution in [0.2, 0.25) is 0 Å². The van der Waals surface area contributed by atoms with Crippen LogP contribution in [0.15, 0.2) is 48.5 Å². The number of rotatable bonds is 6. The molecular formula is C14H24N2S2. The average molecular weight is 284 g/mol.